The van der Waals surface area contributed by atoms with Crippen LogP contribution in [0.1, 0.15) is 142 Å². The number of rotatable bonds is 38. The molecule has 1 saturated heterocycles. The molecule has 2 aliphatic rings. The largest absolute Gasteiger partial charge is 0.472 e. The summed E-state index contributed by atoms with van der Waals surface area (Å²) in [5.41, 5.74) is 0. The molecule has 10 atom stereocenters. The normalized spacial score (nSPS) is 24.9. The molecule has 0 aromatic heterocycles. The summed E-state index contributed by atoms with van der Waals surface area (Å²) < 4.78 is 39.2. The average Bonchev–Trinajstić information content (AvgIpc) is 4.08. The molecule has 1 aliphatic heterocycles. The zero-order chi connectivity index (χ0) is 49.7. The SMILES string of the molecule is CC/C=C\CC1OC1C/C=C\C/C=C\C/C=C\C/C=C\CCC(=O)O[C@H](COC(=O)CCCCC/C=C\C/C=C\C/C=C\C/C=C\CCCCC)COP(=O)(O)OC1[C@H](O)[C@H](O)C(O)[C@H](O)[C@H]1O. The van der Waals surface area contributed by atoms with Crippen molar-refractivity contribution in [1.29, 1.82) is 0 Å². The van der Waals surface area contributed by atoms with Gasteiger partial charge in [-0.15, -0.1) is 0 Å². The van der Waals surface area contributed by atoms with Crippen LogP contribution in [0.15, 0.2) is 109 Å². The van der Waals surface area contributed by atoms with E-state index in [2.05, 4.69) is 105 Å². The number of aliphatic hydroxyl groups excluding tert-OH is 5. The van der Waals surface area contributed by atoms with Gasteiger partial charge >= 0.3 is 19.8 Å². The van der Waals surface area contributed by atoms with Gasteiger partial charge in [0.25, 0.3) is 0 Å². The molecule has 15 heteroatoms. The minimum atomic E-state index is -5.16. The molecule has 0 bridgehead atoms. The van der Waals surface area contributed by atoms with Gasteiger partial charge in [0.1, 0.15) is 43.2 Å². The van der Waals surface area contributed by atoms with Crippen molar-refractivity contribution in [3.63, 3.8) is 0 Å². The predicted molar refractivity (Wildman–Crippen MR) is 266 cm³/mol. The molecule has 14 nitrogen and oxygen atoms in total. The summed E-state index contributed by atoms with van der Waals surface area (Å²) in [6.07, 6.45) is 41.8. The van der Waals surface area contributed by atoms with Crippen molar-refractivity contribution < 1.29 is 67.8 Å². The summed E-state index contributed by atoms with van der Waals surface area (Å²) in [4.78, 5) is 35.8. The van der Waals surface area contributed by atoms with Gasteiger partial charge in [-0.05, 0) is 96.3 Å². The third-order valence-electron chi connectivity index (χ3n) is 11.0. The van der Waals surface area contributed by atoms with Crippen molar-refractivity contribution in [2.24, 2.45) is 0 Å². The predicted octanol–water partition coefficient (Wildman–Crippen LogP) is 9.38. The summed E-state index contributed by atoms with van der Waals surface area (Å²) in [5.74, 6) is -1.25. The summed E-state index contributed by atoms with van der Waals surface area (Å²) >= 11 is 0. The zero-order valence-electron chi connectivity index (χ0n) is 40.5. The van der Waals surface area contributed by atoms with Gasteiger partial charge in [0.2, 0.25) is 0 Å². The second-order valence-electron chi connectivity index (χ2n) is 17.0. The van der Waals surface area contributed by atoms with Crippen molar-refractivity contribution in [2.75, 3.05) is 13.2 Å². The van der Waals surface area contributed by atoms with E-state index in [1.165, 1.54) is 19.3 Å². The van der Waals surface area contributed by atoms with E-state index in [-0.39, 0.29) is 12.8 Å². The molecule has 5 unspecified atom stereocenters. The van der Waals surface area contributed by atoms with Crippen molar-refractivity contribution in [3.05, 3.63) is 109 Å². The third-order valence-corrected chi connectivity index (χ3v) is 12.0. The van der Waals surface area contributed by atoms with Crippen molar-refractivity contribution >= 4 is 19.8 Å². The zero-order valence-corrected chi connectivity index (χ0v) is 41.4. The number of carbonyl (C=O) groups is 2. The van der Waals surface area contributed by atoms with Crippen molar-refractivity contribution in [1.82, 2.24) is 0 Å². The number of unbranched alkanes of at least 4 members (excludes halogenated alkanes) is 6. The van der Waals surface area contributed by atoms with Gasteiger partial charge in [0, 0.05) is 12.8 Å². The van der Waals surface area contributed by atoms with Crippen LogP contribution in [-0.4, -0.2) is 111 Å². The second-order valence-corrected chi connectivity index (χ2v) is 18.4. The van der Waals surface area contributed by atoms with Gasteiger partial charge in [-0.2, -0.15) is 0 Å². The molecule has 2 rings (SSSR count). The topological polar surface area (TPSA) is 222 Å². The van der Waals surface area contributed by atoms with Crippen LogP contribution in [0.3, 0.4) is 0 Å². The Hall–Kier alpha value is -3.53. The number of aliphatic hydroxyl groups is 5. The third kappa shape index (κ3) is 29.5. The number of hydrogen-bond acceptors (Lipinski definition) is 13. The van der Waals surface area contributed by atoms with Crippen molar-refractivity contribution in [2.45, 2.75) is 197 Å². The molecule has 6 N–H and O–H groups in total. The smallest absolute Gasteiger partial charge is 0.462 e. The Morgan fingerprint density at radius 1 is 0.529 bits per heavy atom. The standard InChI is InChI=1S/C53H83O14P/c1-3-5-7-8-9-10-11-12-13-14-15-16-17-18-22-25-28-31-35-39-46(54)63-41-43(42-64-68(61,62)67-53-51(59)49(57)48(56)50(58)52(53)60)65-47(55)40-36-32-29-26-23-20-19-21-24-27-30-34-38-45-44(66-45)37-33-6-4-2/h6,9-10,12-13,15-16,18,20-24,29-30,32-34,43-45,48-53,56-60H,3-5,7-8,11,14,17,19,25-28,31,35-42H2,1-2H3,(H,61,62)/b10-9-,13-12-,16-15-,22-18-,23-20-,24-21-,32-29-,33-6-,34-30-/t43-,44?,45?,48?,49-,50+,51-,52-,53?/m1/s1. The average molecular weight is 975 g/mol. The van der Waals surface area contributed by atoms with E-state index in [4.69, 9.17) is 23.3 Å². The Bertz CT molecular complexity index is 1670. The number of hydrogen-bond donors (Lipinski definition) is 6. The van der Waals surface area contributed by atoms with Gasteiger partial charge < -0.3 is 44.6 Å². The maximum atomic E-state index is 12.8. The van der Waals surface area contributed by atoms with E-state index in [9.17, 15) is 44.6 Å². The lowest BCUT2D eigenvalue weighted by molar-refractivity contribution is -0.220. The van der Waals surface area contributed by atoms with Gasteiger partial charge in [-0.25, -0.2) is 4.57 Å². The summed E-state index contributed by atoms with van der Waals surface area (Å²) in [6.45, 7) is 3.05. The molecule has 0 aromatic carbocycles. The van der Waals surface area contributed by atoms with E-state index < -0.39 is 75.7 Å². The second kappa shape index (κ2) is 38.3. The number of esters is 2. The maximum absolute atomic E-state index is 12.8. The molecule has 0 aromatic rings. The molecule has 2 fully saturated rings. The molecule has 68 heavy (non-hydrogen) atoms. The number of ether oxygens (including phenoxy) is 3. The lowest BCUT2D eigenvalue weighted by atomic mass is 9.85. The fraction of sp³-hybridized carbons (Fsp3) is 0.623. The summed E-state index contributed by atoms with van der Waals surface area (Å²) in [7, 11) is -5.16. The number of phosphoric ester groups is 1. The fourth-order valence-corrected chi connectivity index (χ4v) is 7.90. The van der Waals surface area contributed by atoms with Gasteiger partial charge in [0.05, 0.1) is 18.8 Å². The van der Waals surface area contributed by atoms with Crippen LogP contribution >= 0.6 is 7.82 Å². The molecular formula is C53H83O14P. The summed E-state index contributed by atoms with van der Waals surface area (Å²) in [6, 6.07) is 0. The van der Waals surface area contributed by atoms with Gasteiger partial charge in [-0.3, -0.25) is 18.6 Å². The molecule has 1 aliphatic carbocycles. The molecule has 0 radical (unpaired) electrons. The van der Waals surface area contributed by atoms with Crippen LogP contribution in [0.2, 0.25) is 0 Å². The molecule has 1 heterocycles. The van der Waals surface area contributed by atoms with Crippen LogP contribution in [-0.2, 0) is 37.4 Å². The highest BCUT2D eigenvalue weighted by Gasteiger charge is 2.51. The highest BCUT2D eigenvalue weighted by Crippen LogP contribution is 2.47. The van der Waals surface area contributed by atoms with E-state index in [0.717, 1.165) is 77.0 Å². The fourth-order valence-electron chi connectivity index (χ4n) is 6.92. The minimum absolute atomic E-state index is 0.0460. The Balaban J connectivity index is 1.73. The molecule has 1 saturated carbocycles. The van der Waals surface area contributed by atoms with Crippen LogP contribution in [0.25, 0.3) is 0 Å². The van der Waals surface area contributed by atoms with Crippen LogP contribution in [0.5, 0.6) is 0 Å². The van der Waals surface area contributed by atoms with Crippen LogP contribution < -0.4 is 0 Å². The van der Waals surface area contributed by atoms with E-state index in [0.29, 0.717) is 31.5 Å². The number of carbonyl (C=O) groups excluding carboxylic acids is 2. The van der Waals surface area contributed by atoms with Crippen LogP contribution in [0, 0.1) is 0 Å². The lowest BCUT2D eigenvalue weighted by Gasteiger charge is -2.41. The number of epoxide rings is 1. The first-order valence-electron chi connectivity index (χ1n) is 24.8. The molecular weight excluding hydrogens is 892 g/mol. The number of phosphoric acid groups is 1. The lowest BCUT2D eigenvalue weighted by Crippen LogP contribution is -2.64. The Morgan fingerprint density at radius 3 is 1.50 bits per heavy atom. The first kappa shape index (κ1) is 60.6. The first-order valence-corrected chi connectivity index (χ1v) is 26.3. The quantitative estimate of drug-likeness (QED) is 0.0112. The Morgan fingerprint density at radius 2 is 0.985 bits per heavy atom. The highest BCUT2D eigenvalue weighted by atomic mass is 31.2. The monoisotopic (exact) mass is 975 g/mol. The molecule has 0 amide bonds. The maximum Gasteiger partial charge on any atom is 0.472 e. The van der Waals surface area contributed by atoms with Crippen LogP contribution in [0.4, 0.5) is 0 Å². The minimum Gasteiger partial charge on any atom is -0.462 e. The Kier molecular flexibility index (Phi) is 34.1. The number of allylic oxidation sites excluding steroid dienone is 16. The van der Waals surface area contributed by atoms with E-state index >= 15 is 0 Å². The Labute approximate surface area is 406 Å². The summed E-state index contributed by atoms with van der Waals surface area (Å²) in [5, 5.41) is 50.2. The van der Waals surface area contributed by atoms with Crippen molar-refractivity contribution in [3.8, 4) is 0 Å². The molecule has 384 valence electrons. The first-order chi connectivity index (χ1) is 32.9. The van der Waals surface area contributed by atoms with Gasteiger partial charge in [0.15, 0.2) is 6.10 Å². The van der Waals surface area contributed by atoms with E-state index in [1.54, 1.807) is 0 Å². The van der Waals surface area contributed by atoms with Gasteiger partial charge in [-0.1, -0.05) is 142 Å². The highest BCUT2D eigenvalue weighted by molar-refractivity contribution is 7.47. The molecule has 0 spiro atoms. The van der Waals surface area contributed by atoms with E-state index in [1.807, 2.05) is 18.2 Å².